The largest absolute Gasteiger partial charge is 0.507 e. The number of phenolic OH excluding ortho intramolecular Hbond substituents is 1. The van der Waals surface area contributed by atoms with Crippen LogP contribution in [0, 0.1) is 0 Å². The maximum atomic E-state index is 11.1. The molecule has 4 aromatic carbocycles. The second-order valence-electron chi connectivity index (χ2n) is 10.4. The third-order valence-corrected chi connectivity index (χ3v) is 5.88. The van der Waals surface area contributed by atoms with Crippen LogP contribution in [0.4, 0.5) is 5.69 Å². The Hall–Kier alpha value is -3.13. The van der Waals surface area contributed by atoms with Crippen LogP contribution in [0.15, 0.2) is 71.7 Å². The van der Waals surface area contributed by atoms with E-state index in [2.05, 4.69) is 96.1 Å². The molecule has 0 aliphatic heterocycles. The first-order chi connectivity index (χ1) is 14.5. The van der Waals surface area contributed by atoms with Gasteiger partial charge < -0.3 is 5.11 Å². The van der Waals surface area contributed by atoms with E-state index in [1.165, 1.54) is 16.3 Å². The molecule has 1 N–H and O–H groups in total. The molecule has 2 heteroatoms. The third kappa shape index (κ3) is 4.20. The first-order valence-electron chi connectivity index (χ1n) is 10.9. The van der Waals surface area contributed by atoms with Crippen molar-refractivity contribution in [1.82, 2.24) is 0 Å². The summed E-state index contributed by atoms with van der Waals surface area (Å²) in [4.78, 5) is 4.83. The number of rotatable bonds is 2. The Labute approximate surface area is 185 Å². The predicted octanol–water partition coefficient (Wildman–Crippen LogP) is 8.04. The maximum Gasteiger partial charge on any atom is 0.128 e. The van der Waals surface area contributed by atoms with Crippen molar-refractivity contribution in [3.8, 4) is 5.75 Å². The van der Waals surface area contributed by atoms with Gasteiger partial charge in [0.15, 0.2) is 0 Å². The highest BCUT2D eigenvalue weighted by molar-refractivity contribution is 6.04. The molecule has 158 valence electrons. The van der Waals surface area contributed by atoms with Gasteiger partial charge in [-0.05, 0) is 56.8 Å². The molecule has 0 aliphatic carbocycles. The van der Waals surface area contributed by atoms with Crippen LogP contribution in [-0.2, 0) is 10.8 Å². The molecule has 0 aliphatic rings. The Morgan fingerprint density at radius 1 is 0.710 bits per heavy atom. The molecule has 0 saturated heterocycles. The van der Waals surface area contributed by atoms with Gasteiger partial charge in [-0.15, -0.1) is 0 Å². The number of benzene rings is 4. The first kappa shape index (κ1) is 21.1. The molecular weight excluding hydrogens is 378 g/mol. The van der Waals surface area contributed by atoms with Gasteiger partial charge in [-0.3, -0.25) is 4.99 Å². The normalized spacial score (nSPS) is 12.8. The Kier molecular flexibility index (Phi) is 5.13. The van der Waals surface area contributed by atoms with E-state index in [1.807, 2.05) is 18.3 Å². The average molecular weight is 410 g/mol. The highest BCUT2D eigenvalue weighted by Gasteiger charge is 2.24. The SMILES string of the molecule is CC(C)(C)c1cc(C=Nc2cccc3cc4ccccc4cc23)c(O)c(C(C)(C)C)c1. The van der Waals surface area contributed by atoms with Crippen molar-refractivity contribution in [3.05, 3.63) is 83.4 Å². The Balaban J connectivity index is 1.86. The van der Waals surface area contributed by atoms with Gasteiger partial charge in [-0.1, -0.05) is 84.0 Å². The molecule has 4 rings (SSSR count). The van der Waals surface area contributed by atoms with Crippen LogP contribution < -0.4 is 0 Å². The topological polar surface area (TPSA) is 32.6 Å². The quantitative estimate of drug-likeness (QED) is 0.264. The van der Waals surface area contributed by atoms with Crippen molar-refractivity contribution in [2.45, 2.75) is 52.4 Å². The minimum Gasteiger partial charge on any atom is -0.507 e. The lowest BCUT2D eigenvalue weighted by molar-refractivity contribution is 0.444. The van der Waals surface area contributed by atoms with Crippen molar-refractivity contribution >= 4 is 33.4 Å². The molecule has 0 radical (unpaired) electrons. The van der Waals surface area contributed by atoms with E-state index in [4.69, 9.17) is 4.99 Å². The van der Waals surface area contributed by atoms with Gasteiger partial charge in [0, 0.05) is 22.7 Å². The molecule has 0 aromatic heterocycles. The fourth-order valence-corrected chi connectivity index (χ4v) is 3.96. The van der Waals surface area contributed by atoms with Gasteiger partial charge in [0.1, 0.15) is 5.75 Å². The lowest BCUT2D eigenvalue weighted by Crippen LogP contribution is -2.17. The number of nitrogens with zero attached hydrogens (tertiary/aromatic N) is 1. The summed E-state index contributed by atoms with van der Waals surface area (Å²) in [5.41, 5.74) is 3.63. The van der Waals surface area contributed by atoms with Crippen LogP contribution in [0.2, 0.25) is 0 Å². The zero-order chi connectivity index (χ0) is 22.4. The highest BCUT2D eigenvalue weighted by Crippen LogP contribution is 2.37. The van der Waals surface area contributed by atoms with Gasteiger partial charge in [0.2, 0.25) is 0 Å². The molecule has 0 fully saturated rings. The maximum absolute atomic E-state index is 11.1. The summed E-state index contributed by atoms with van der Waals surface area (Å²) < 4.78 is 0. The number of aromatic hydroxyl groups is 1. The van der Waals surface area contributed by atoms with E-state index in [0.29, 0.717) is 5.75 Å². The summed E-state index contributed by atoms with van der Waals surface area (Å²) in [5.74, 6) is 0.315. The average Bonchev–Trinajstić information content (AvgIpc) is 2.69. The van der Waals surface area contributed by atoms with Crippen LogP contribution in [0.25, 0.3) is 21.5 Å². The zero-order valence-corrected chi connectivity index (χ0v) is 19.3. The van der Waals surface area contributed by atoms with Gasteiger partial charge in [0.25, 0.3) is 0 Å². The standard InChI is InChI=1S/C29H31NO/c1-28(2,3)23-15-22(27(31)25(17-23)29(4,5)6)18-30-26-13-9-12-21-14-19-10-7-8-11-20(19)16-24(21)26/h7-18,31H,1-6H3. The van der Waals surface area contributed by atoms with Crippen molar-refractivity contribution in [3.63, 3.8) is 0 Å². The minimum absolute atomic E-state index is 0.0192. The van der Waals surface area contributed by atoms with Crippen molar-refractivity contribution in [1.29, 1.82) is 0 Å². The van der Waals surface area contributed by atoms with E-state index in [1.54, 1.807) is 0 Å². The Morgan fingerprint density at radius 2 is 1.35 bits per heavy atom. The molecule has 0 heterocycles. The number of fused-ring (bicyclic) bond motifs is 2. The summed E-state index contributed by atoms with van der Waals surface area (Å²) in [5, 5.41) is 15.8. The molecule has 0 saturated carbocycles. The van der Waals surface area contributed by atoms with E-state index in [-0.39, 0.29) is 10.8 Å². The molecule has 2 nitrogen and oxygen atoms in total. The molecule has 0 unspecified atom stereocenters. The second-order valence-corrected chi connectivity index (χ2v) is 10.4. The molecule has 0 atom stereocenters. The lowest BCUT2D eigenvalue weighted by atomic mass is 9.79. The van der Waals surface area contributed by atoms with Gasteiger partial charge in [-0.25, -0.2) is 0 Å². The van der Waals surface area contributed by atoms with Crippen molar-refractivity contribution in [2.75, 3.05) is 0 Å². The van der Waals surface area contributed by atoms with Crippen molar-refractivity contribution in [2.24, 2.45) is 4.99 Å². The lowest BCUT2D eigenvalue weighted by Gasteiger charge is -2.27. The second kappa shape index (κ2) is 7.53. The summed E-state index contributed by atoms with van der Waals surface area (Å²) in [6.45, 7) is 13.0. The number of hydrogen-bond donors (Lipinski definition) is 1. The zero-order valence-electron chi connectivity index (χ0n) is 19.3. The number of aliphatic imine (C=N–C) groups is 1. The number of phenols is 1. The molecule has 0 amide bonds. The van der Waals surface area contributed by atoms with E-state index < -0.39 is 0 Å². The summed E-state index contributed by atoms with van der Waals surface area (Å²) in [7, 11) is 0. The summed E-state index contributed by atoms with van der Waals surface area (Å²) >= 11 is 0. The highest BCUT2D eigenvalue weighted by atomic mass is 16.3. The van der Waals surface area contributed by atoms with Gasteiger partial charge >= 0.3 is 0 Å². The molecule has 0 spiro atoms. The minimum atomic E-state index is -0.160. The smallest absolute Gasteiger partial charge is 0.128 e. The van der Waals surface area contributed by atoms with Crippen LogP contribution >= 0.6 is 0 Å². The molecule has 31 heavy (non-hydrogen) atoms. The third-order valence-electron chi connectivity index (χ3n) is 5.88. The molecule has 4 aromatic rings. The molecule has 0 bridgehead atoms. The van der Waals surface area contributed by atoms with E-state index in [9.17, 15) is 5.11 Å². The first-order valence-corrected chi connectivity index (χ1v) is 10.9. The predicted molar refractivity (Wildman–Crippen MR) is 134 cm³/mol. The van der Waals surface area contributed by atoms with Gasteiger partial charge in [0.05, 0.1) is 5.69 Å². The van der Waals surface area contributed by atoms with Crippen LogP contribution in [-0.4, -0.2) is 11.3 Å². The van der Waals surface area contributed by atoms with Gasteiger partial charge in [-0.2, -0.15) is 0 Å². The van der Waals surface area contributed by atoms with Crippen LogP contribution in [0.3, 0.4) is 0 Å². The molecular formula is C29H31NO. The Morgan fingerprint density at radius 3 is 2.00 bits per heavy atom. The Bertz CT molecular complexity index is 1300. The fraction of sp³-hybridized carbons (Fsp3) is 0.276. The summed E-state index contributed by atoms with van der Waals surface area (Å²) in [6.07, 6.45) is 1.81. The summed E-state index contributed by atoms with van der Waals surface area (Å²) in [6, 6.07) is 23.2. The van der Waals surface area contributed by atoms with E-state index >= 15 is 0 Å². The van der Waals surface area contributed by atoms with Crippen LogP contribution in [0.5, 0.6) is 5.75 Å². The number of hydrogen-bond acceptors (Lipinski definition) is 2. The van der Waals surface area contributed by atoms with Crippen LogP contribution in [0.1, 0.15) is 58.2 Å². The monoisotopic (exact) mass is 409 g/mol. The van der Waals surface area contributed by atoms with Crippen molar-refractivity contribution < 1.29 is 5.11 Å². The van der Waals surface area contributed by atoms with E-state index in [0.717, 1.165) is 27.6 Å². The fourth-order valence-electron chi connectivity index (χ4n) is 3.96.